The van der Waals surface area contributed by atoms with Crippen LogP contribution in [-0.2, 0) is 18.4 Å². The third-order valence-corrected chi connectivity index (χ3v) is 7.13. The van der Waals surface area contributed by atoms with Crippen LogP contribution < -0.4 is 21.5 Å². The lowest BCUT2D eigenvalue weighted by atomic mass is 10.3. The molecule has 1 aromatic carbocycles. The molecule has 0 radical (unpaired) electrons. The number of amides is 1. The highest BCUT2D eigenvalue weighted by Crippen LogP contribution is 2.29. The van der Waals surface area contributed by atoms with E-state index in [2.05, 4.69) is 20.2 Å². The van der Waals surface area contributed by atoms with Gasteiger partial charge in [0, 0.05) is 20.1 Å². The van der Waals surface area contributed by atoms with E-state index >= 15 is 0 Å². The van der Waals surface area contributed by atoms with E-state index in [0.717, 1.165) is 40.7 Å². The Morgan fingerprint density at radius 1 is 1.13 bits per heavy atom. The average Bonchev–Trinajstić information content (AvgIpc) is 3.47. The molecule has 1 aliphatic heterocycles. The number of nitrogens with zero attached hydrogens (tertiary/aromatic N) is 5. The summed E-state index contributed by atoms with van der Waals surface area (Å²) in [5.41, 5.74) is 0.106. The third kappa shape index (κ3) is 3.19. The molecular formula is C19H18N6O3S2. The fourth-order valence-electron chi connectivity index (χ4n) is 3.55. The minimum atomic E-state index is -0.565. The fraction of sp³-hybridized carbons (Fsp3) is 0.316. The molecule has 4 aromatic rings. The minimum absolute atomic E-state index is 0.247. The first-order valence-corrected chi connectivity index (χ1v) is 11.2. The summed E-state index contributed by atoms with van der Waals surface area (Å²) in [6.07, 6.45) is 2.15. The summed E-state index contributed by atoms with van der Waals surface area (Å²) in [5.74, 6) is -0.396. The molecule has 154 valence electrons. The van der Waals surface area contributed by atoms with Gasteiger partial charge in [0.15, 0.2) is 15.9 Å². The van der Waals surface area contributed by atoms with Crippen LogP contribution in [0.4, 0.5) is 10.3 Å². The van der Waals surface area contributed by atoms with Gasteiger partial charge in [0.05, 0.1) is 10.2 Å². The van der Waals surface area contributed by atoms with Gasteiger partial charge in [-0.15, -0.1) is 0 Å². The summed E-state index contributed by atoms with van der Waals surface area (Å²) < 4.78 is 3.63. The van der Waals surface area contributed by atoms with Crippen molar-refractivity contribution in [1.82, 2.24) is 19.1 Å². The predicted molar refractivity (Wildman–Crippen MR) is 119 cm³/mol. The van der Waals surface area contributed by atoms with Crippen molar-refractivity contribution in [3.63, 3.8) is 0 Å². The smallest absolute Gasteiger partial charge is 0.332 e. The van der Waals surface area contributed by atoms with E-state index < -0.39 is 11.6 Å². The molecule has 1 fully saturated rings. The van der Waals surface area contributed by atoms with Crippen LogP contribution in [0.5, 0.6) is 0 Å². The maximum absolute atomic E-state index is 12.7. The fourth-order valence-corrected chi connectivity index (χ4v) is 5.53. The molecule has 3 aromatic heterocycles. The van der Waals surface area contributed by atoms with Crippen molar-refractivity contribution in [2.75, 3.05) is 23.3 Å². The lowest BCUT2D eigenvalue weighted by molar-refractivity contribution is -0.116. The number of benzene rings is 1. The zero-order valence-electron chi connectivity index (χ0n) is 16.1. The SMILES string of the molecule is Cn1c(=O)c2sc(N3CCCC3)nc2n(CC(=O)Nc2nc3ccccc3s2)c1=O. The van der Waals surface area contributed by atoms with Crippen molar-refractivity contribution in [3.05, 3.63) is 45.1 Å². The molecule has 1 aliphatic rings. The van der Waals surface area contributed by atoms with Crippen LogP contribution >= 0.6 is 22.7 Å². The predicted octanol–water partition coefficient (Wildman–Crippen LogP) is 2.01. The highest BCUT2D eigenvalue weighted by Gasteiger charge is 2.22. The van der Waals surface area contributed by atoms with Crippen molar-refractivity contribution < 1.29 is 4.79 Å². The zero-order valence-corrected chi connectivity index (χ0v) is 17.8. The lowest BCUT2D eigenvalue weighted by Gasteiger charge is -2.12. The van der Waals surface area contributed by atoms with Crippen LogP contribution in [0.1, 0.15) is 12.8 Å². The topological polar surface area (TPSA) is 102 Å². The van der Waals surface area contributed by atoms with E-state index in [1.165, 1.54) is 34.3 Å². The molecule has 0 saturated carbocycles. The van der Waals surface area contributed by atoms with Gasteiger partial charge in [-0.1, -0.05) is 34.8 Å². The molecule has 5 rings (SSSR count). The Morgan fingerprint density at radius 2 is 1.90 bits per heavy atom. The van der Waals surface area contributed by atoms with Gasteiger partial charge in [0.25, 0.3) is 5.56 Å². The molecule has 0 unspecified atom stereocenters. The first-order chi connectivity index (χ1) is 14.5. The Balaban J connectivity index is 1.50. The van der Waals surface area contributed by atoms with Crippen molar-refractivity contribution in [3.8, 4) is 0 Å². The molecule has 1 saturated heterocycles. The molecule has 9 nitrogen and oxygen atoms in total. The van der Waals surface area contributed by atoms with Crippen molar-refractivity contribution in [2.45, 2.75) is 19.4 Å². The van der Waals surface area contributed by atoms with Gasteiger partial charge >= 0.3 is 5.69 Å². The van der Waals surface area contributed by atoms with Gasteiger partial charge in [-0.25, -0.2) is 14.8 Å². The maximum Gasteiger partial charge on any atom is 0.332 e. The number of nitrogens with one attached hydrogen (secondary N) is 1. The molecule has 0 atom stereocenters. The van der Waals surface area contributed by atoms with Crippen LogP contribution in [-0.4, -0.2) is 38.1 Å². The van der Waals surface area contributed by atoms with Crippen molar-refractivity contribution in [2.24, 2.45) is 7.05 Å². The number of hydrogen-bond donors (Lipinski definition) is 1. The zero-order chi connectivity index (χ0) is 20.8. The lowest BCUT2D eigenvalue weighted by Crippen LogP contribution is -2.39. The second-order valence-corrected chi connectivity index (χ2v) is 9.12. The van der Waals surface area contributed by atoms with Crippen LogP contribution in [0.3, 0.4) is 0 Å². The maximum atomic E-state index is 12.7. The molecule has 11 heteroatoms. The van der Waals surface area contributed by atoms with E-state index in [0.29, 0.717) is 15.0 Å². The molecule has 4 heterocycles. The number of thiazole rings is 2. The summed E-state index contributed by atoms with van der Waals surface area (Å²) in [7, 11) is 1.42. The largest absolute Gasteiger partial charge is 0.348 e. The van der Waals surface area contributed by atoms with Crippen LogP contribution in [0.2, 0.25) is 0 Å². The van der Waals surface area contributed by atoms with E-state index in [9.17, 15) is 14.4 Å². The van der Waals surface area contributed by atoms with E-state index in [4.69, 9.17) is 0 Å². The quantitative estimate of drug-likeness (QED) is 0.519. The summed E-state index contributed by atoms with van der Waals surface area (Å²) in [4.78, 5) is 49.1. The number of carbonyl (C=O) groups is 1. The summed E-state index contributed by atoms with van der Waals surface area (Å²) in [5, 5.41) is 3.93. The van der Waals surface area contributed by atoms with Gasteiger partial charge in [-0.2, -0.15) is 0 Å². The summed E-state index contributed by atoms with van der Waals surface area (Å²) in [6.45, 7) is 1.51. The first kappa shape index (κ1) is 18.9. The Hall–Kier alpha value is -3.05. The number of hydrogen-bond acceptors (Lipinski definition) is 8. The Kier molecular flexibility index (Phi) is 4.63. The number of anilines is 2. The molecule has 30 heavy (non-hydrogen) atoms. The number of fused-ring (bicyclic) bond motifs is 2. The van der Waals surface area contributed by atoms with Crippen LogP contribution in [0.25, 0.3) is 20.6 Å². The number of rotatable bonds is 4. The summed E-state index contributed by atoms with van der Waals surface area (Å²) >= 11 is 2.64. The van der Waals surface area contributed by atoms with Crippen molar-refractivity contribution >= 4 is 59.4 Å². The number of para-hydroxylation sites is 1. The normalized spacial score (nSPS) is 14.1. The van der Waals surface area contributed by atoms with Crippen LogP contribution in [0, 0.1) is 0 Å². The molecule has 0 spiro atoms. The van der Waals surface area contributed by atoms with Crippen LogP contribution in [0.15, 0.2) is 33.9 Å². The molecule has 0 aliphatic carbocycles. The number of aromatic nitrogens is 4. The van der Waals surface area contributed by atoms with E-state index in [-0.39, 0.29) is 17.8 Å². The number of carbonyl (C=O) groups excluding carboxylic acids is 1. The first-order valence-electron chi connectivity index (χ1n) is 9.52. The average molecular weight is 443 g/mol. The molecule has 0 bridgehead atoms. The third-order valence-electron chi connectivity index (χ3n) is 5.09. The second kappa shape index (κ2) is 7.33. The highest BCUT2D eigenvalue weighted by molar-refractivity contribution is 7.22. The monoisotopic (exact) mass is 442 g/mol. The van der Waals surface area contributed by atoms with Gasteiger partial charge in [0.1, 0.15) is 11.2 Å². The second-order valence-electron chi connectivity index (χ2n) is 7.11. The van der Waals surface area contributed by atoms with Gasteiger partial charge in [-0.05, 0) is 25.0 Å². The van der Waals surface area contributed by atoms with E-state index in [1.807, 2.05) is 24.3 Å². The highest BCUT2D eigenvalue weighted by atomic mass is 32.1. The van der Waals surface area contributed by atoms with Gasteiger partial charge in [0.2, 0.25) is 5.91 Å². The van der Waals surface area contributed by atoms with Crippen molar-refractivity contribution in [1.29, 1.82) is 0 Å². The standard InChI is InChI=1S/C19H18N6O3S2/c1-23-16(27)14-15(22-18(30-14)24-8-4-5-9-24)25(19(23)28)10-13(26)21-17-20-11-6-2-3-7-12(11)29-17/h2-3,6-7H,4-5,8-10H2,1H3,(H,20,21,26). The minimum Gasteiger partial charge on any atom is -0.348 e. The Bertz CT molecular complexity index is 1360. The van der Waals surface area contributed by atoms with Gasteiger partial charge < -0.3 is 10.2 Å². The van der Waals surface area contributed by atoms with E-state index in [1.54, 1.807) is 0 Å². The molecule has 1 amide bonds. The Morgan fingerprint density at radius 3 is 2.67 bits per heavy atom. The Labute approximate surface area is 178 Å². The van der Waals surface area contributed by atoms with Gasteiger partial charge in [-0.3, -0.25) is 18.7 Å². The summed E-state index contributed by atoms with van der Waals surface area (Å²) in [6, 6.07) is 7.60. The molecule has 1 N–H and O–H groups in total. The molecular weight excluding hydrogens is 424 g/mol.